The van der Waals surface area contributed by atoms with Crippen LogP contribution in [0, 0.1) is 0 Å². The Kier molecular flexibility index (Phi) is 3.62. The van der Waals surface area contributed by atoms with Crippen LogP contribution >= 0.6 is 11.3 Å². The Morgan fingerprint density at radius 3 is 2.95 bits per heavy atom. The Labute approximate surface area is 125 Å². The molecule has 0 radical (unpaired) electrons. The number of aromatic hydroxyl groups is 1. The fourth-order valence-electron chi connectivity index (χ4n) is 2.32. The van der Waals surface area contributed by atoms with Crippen molar-refractivity contribution in [1.82, 2.24) is 14.9 Å². The summed E-state index contributed by atoms with van der Waals surface area (Å²) in [5, 5.41) is 14.9. The van der Waals surface area contributed by atoms with Crippen LogP contribution in [-0.2, 0) is 11.3 Å². The van der Waals surface area contributed by atoms with E-state index in [2.05, 4.69) is 10.3 Å². The van der Waals surface area contributed by atoms with E-state index in [-0.39, 0.29) is 11.7 Å². The van der Waals surface area contributed by atoms with Crippen molar-refractivity contribution >= 4 is 28.3 Å². The van der Waals surface area contributed by atoms with Crippen molar-refractivity contribution in [2.24, 2.45) is 0 Å². The fraction of sp³-hybridized carbons (Fsp3) is 0.200. The van der Waals surface area contributed by atoms with Crippen molar-refractivity contribution in [2.45, 2.75) is 13.5 Å². The third-order valence-electron chi connectivity index (χ3n) is 3.20. The number of rotatable bonds is 4. The molecule has 1 aromatic carbocycles. The van der Waals surface area contributed by atoms with Gasteiger partial charge in [-0.1, -0.05) is 12.1 Å². The lowest BCUT2D eigenvalue weighted by molar-refractivity contribution is -0.118. The molecule has 108 valence electrons. The molecule has 21 heavy (non-hydrogen) atoms. The van der Waals surface area contributed by atoms with Crippen molar-refractivity contribution in [3.8, 4) is 16.5 Å². The van der Waals surface area contributed by atoms with Crippen LogP contribution in [0.4, 0.5) is 0 Å². The van der Waals surface area contributed by atoms with E-state index in [9.17, 15) is 9.90 Å². The molecule has 2 aromatic heterocycles. The molecule has 0 saturated carbocycles. The van der Waals surface area contributed by atoms with Gasteiger partial charge in [-0.05, 0) is 23.6 Å². The second-order valence-corrected chi connectivity index (χ2v) is 5.64. The first-order valence-electron chi connectivity index (χ1n) is 6.63. The Hall–Kier alpha value is -2.34. The minimum absolute atomic E-state index is 0.0682. The number of amides is 1. The third kappa shape index (κ3) is 2.62. The number of hydrogen-bond donors (Lipinski definition) is 2. The lowest BCUT2D eigenvalue weighted by atomic mass is 10.3. The van der Waals surface area contributed by atoms with Gasteiger partial charge in [-0.25, -0.2) is 4.98 Å². The second kappa shape index (κ2) is 5.57. The van der Waals surface area contributed by atoms with Gasteiger partial charge >= 0.3 is 0 Å². The van der Waals surface area contributed by atoms with Crippen LogP contribution in [0.3, 0.4) is 0 Å². The molecule has 1 amide bonds. The highest BCUT2D eigenvalue weighted by atomic mass is 32.1. The number of hydrogen-bond acceptors (Lipinski definition) is 4. The summed E-state index contributed by atoms with van der Waals surface area (Å²) < 4.78 is 1.95. The number of para-hydroxylation sites is 1. The van der Waals surface area contributed by atoms with E-state index in [0.29, 0.717) is 18.6 Å². The molecule has 0 aliphatic carbocycles. The molecule has 0 saturated heterocycles. The molecule has 6 heteroatoms. The molecule has 3 aromatic rings. The number of benzene rings is 1. The molecule has 0 bridgehead atoms. The number of carbonyl (C=O) groups is 1. The van der Waals surface area contributed by atoms with Crippen LogP contribution in [0.15, 0.2) is 35.7 Å². The van der Waals surface area contributed by atoms with Crippen molar-refractivity contribution in [3.05, 3.63) is 35.7 Å². The highest BCUT2D eigenvalue weighted by Crippen LogP contribution is 2.32. The maximum absolute atomic E-state index is 11.0. The van der Waals surface area contributed by atoms with Gasteiger partial charge in [-0.3, -0.25) is 4.79 Å². The Morgan fingerprint density at radius 2 is 2.24 bits per heavy atom. The fourth-order valence-corrected chi connectivity index (χ4v) is 3.04. The minimum Gasteiger partial charge on any atom is -0.506 e. The van der Waals surface area contributed by atoms with E-state index in [4.69, 9.17) is 0 Å². The van der Waals surface area contributed by atoms with E-state index in [1.807, 2.05) is 28.1 Å². The molecule has 2 N–H and O–H groups in total. The average molecular weight is 301 g/mol. The highest BCUT2D eigenvalue weighted by Gasteiger charge is 2.15. The van der Waals surface area contributed by atoms with Gasteiger partial charge < -0.3 is 15.0 Å². The van der Waals surface area contributed by atoms with Gasteiger partial charge in [0.05, 0.1) is 10.4 Å². The molecule has 3 rings (SSSR count). The topological polar surface area (TPSA) is 67.2 Å². The van der Waals surface area contributed by atoms with E-state index in [1.54, 1.807) is 23.5 Å². The van der Waals surface area contributed by atoms with Gasteiger partial charge in [0.2, 0.25) is 5.91 Å². The summed E-state index contributed by atoms with van der Waals surface area (Å²) in [6.07, 6.45) is 0. The number of carbonyl (C=O) groups excluding carboxylic acids is 1. The minimum atomic E-state index is -0.0682. The van der Waals surface area contributed by atoms with E-state index >= 15 is 0 Å². The van der Waals surface area contributed by atoms with E-state index in [1.165, 1.54) is 6.92 Å². The summed E-state index contributed by atoms with van der Waals surface area (Å²) in [5.74, 6) is 0.943. The number of phenols is 1. The zero-order valence-corrected chi connectivity index (χ0v) is 12.4. The molecule has 0 aliphatic rings. The lowest BCUT2D eigenvalue weighted by Crippen LogP contribution is -2.24. The number of fused-ring (bicyclic) bond motifs is 1. The quantitative estimate of drug-likeness (QED) is 0.778. The maximum atomic E-state index is 11.0. The smallest absolute Gasteiger partial charge is 0.216 e. The first-order valence-corrected chi connectivity index (χ1v) is 7.51. The SMILES string of the molecule is CC(=O)NCCn1c(-c2cccs2)nc2cccc(O)c21. The number of phenolic OH excluding ortho intramolecular Hbond substituents is 1. The van der Waals surface area contributed by atoms with E-state index < -0.39 is 0 Å². The number of aromatic nitrogens is 2. The molecule has 2 heterocycles. The van der Waals surface area contributed by atoms with Crippen molar-refractivity contribution in [3.63, 3.8) is 0 Å². The molecule has 0 fully saturated rings. The summed E-state index contributed by atoms with van der Waals surface area (Å²) in [6.45, 7) is 2.54. The van der Waals surface area contributed by atoms with E-state index in [0.717, 1.165) is 16.2 Å². The van der Waals surface area contributed by atoms with Crippen LogP contribution in [0.2, 0.25) is 0 Å². The predicted molar refractivity (Wildman–Crippen MR) is 83.4 cm³/mol. The van der Waals surface area contributed by atoms with Crippen LogP contribution in [0.25, 0.3) is 21.7 Å². The molecular formula is C15H15N3O2S. The number of imidazole rings is 1. The summed E-state index contributed by atoms with van der Waals surface area (Å²) in [4.78, 5) is 16.7. The Morgan fingerprint density at radius 1 is 1.38 bits per heavy atom. The summed E-state index contributed by atoms with van der Waals surface area (Å²) in [6, 6.07) is 9.27. The summed E-state index contributed by atoms with van der Waals surface area (Å²) >= 11 is 1.60. The van der Waals surface area contributed by atoms with Crippen molar-refractivity contribution < 1.29 is 9.90 Å². The first-order chi connectivity index (χ1) is 10.2. The number of thiophene rings is 1. The summed E-state index contributed by atoms with van der Waals surface area (Å²) in [7, 11) is 0. The van der Waals surface area contributed by atoms with Gasteiger partial charge in [0.15, 0.2) is 5.82 Å². The third-order valence-corrected chi connectivity index (χ3v) is 4.06. The Balaban J connectivity index is 2.08. The monoisotopic (exact) mass is 301 g/mol. The molecule has 0 unspecified atom stereocenters. The number of nitrogens with zero attached hydrogens (tertiary/aromatic N) is 2. The molecule has 0 atom stereocenters. The molecule has 5 nitrogen and oxygen atoms in total. The summed E-state index contributed by atoms with van der Waals surface area (Å²) in [5.41, 5.74) is 1.45. The molecular weight excluding hydrogens is 286 g/mol. The van der Waals surface area contributed by atoms with Gasteiger partial charge in [-0.15, -0.1) is 11.3 Å². The van der Waals surface area contributed by atoms with Crippen molar-refractivity contribution in [1.29, 1.82) is 0 Å². The van der Waals surface area contributed by atoms with Crippen LogP contribution in [0.1, 0.15) is 6.92 Å². The Bertz CT molecular complexity index is 778. The largest absolute Gasteiger partial charge is 0.506 e. The molecule has 0 aliphatic heterocycles. The van der Waals surface area contributed by atoms with Gasteiger partial charge in [-0.2, -0.15) is 0 Å². The standard InChI is InChI=1S/C15H15N3O2S/c1-10(19)16-7-8-18-14-11(4-2-5-12(14)20)17-15(18)13-6-3-9-21-13/h2-6,9,20H,7-8H2,1H3,(H,16,19). The number of nitrogens with one attached hydrogen (secondary N) is 1. The van der Waals surface area contributed by atoms with Crippen LogP contribution in [0.5, 0.6) is 5.75 Å². The highest BCUT2D eigenvalue weighted by molar-refractivity contribution is 7.13. The average Bonchev–Trinajstić information content (AvgIpc) is 3.06. The first kappa shape index (κ1) is 13.6. The normalized spacial score (nSPS) is 10.9. The zero-order valence-electron chi connectivity index (χ0n) is 11.5. The van der Waals surface area contributed by atoms with Crippen LogP contribution < -0.4 is 5.32 Å². The predicted octanol–water partition coefficient (Wildman–Crippen LogP) is 2.61. The van der Waals surface area contributed by atoms with Gasteiger partial charge in [0.25, 0.3) is 0 Å². The van der Waals surface area contributed by atoms with Crippen LogP contribution in [-0.4, -0.2) is 27.1 Å². The maximum Gasteiger partial charge on any atom is 0.216 e. The molecule has 0 spiro atoms. The zero-order chi connectivity index (χ0) is 14.8. The second-order valence-electron chi connectivity index (χ2n) is 4.69. The van der Waals surface area contributed by atoms with Crippen molar-refractivity contribution in [2.75, 3.05) is 6.54 Å². The lowest BCUT2D eigenvalue weighted by Gasteiger charge is -2.09. The van der Waals surface area contributed by atoms with Gasteiger partial charge in [0.1, 0.15) is 11.3 Å². The van der Waals surface area contributed by atoms with Gasteiger partial charge in [0, 0.05) is 20.0 Å².